The average Bonchev–Trinajstić information content (AvgIpc) is 3.12. The van der Waals surface area contributed by atoms with E-state index in [9.17, 15) is 9.59 Å². The predicted molar refractivity (Wildman–Crippen MR) is 125 cm³/mol. The second kappa shape index (κ2) is 10.3. The Bertz CT molecular complexity index is 809. The first kappa shape index (κ1) is 23.2. The van der Waals surface area contributed by atoms with Crippen LogP contribution in [-0.2, 0) is 16.1 Å². The molecule has 0 aromatic heterocycles. The molecule has 4 rings (SSSR count). The summed E-state index contributed by atoms with van der Waals surface area (Å²) in [7, 11) is 1.69. The van der Waals surface area contributed by atoms with E-state index in [0.717, 1.165) is 17.7 Å². The maximum atomic E-state index is 14.0. The van der Waals surface area contributed by atoms with Crippen molar-refractivity contribution >= 4 is 11.8 Å². The molecule has 1 aromatic carbocycles. The molecule has 32 heavy (non-hydrogen) atoms. The topological polar surface area (TPSA) is 53.1 Å². The van der Waals surface area contributed by atoms with Crippen LogP contribution < -0.4 is 0 Å². The largest absolute Gasteiger partial charge is 0.383 e. The van der Waals surface area contributed by atoms with Gasteiger partial charge in [-0.15, -0.1) is 0 Å². The minimum absolute atomic E-state index is 0.0181. The Balaban J connectivity index is 1.53. The van der Waals surface area contributed by atoms with E-state index in [1.54, 1.807) is 12.0 Å². The number of hydrogen-bond acceptors (Lipinski definition) is 4. The number of hydrogen-bond donors (Lipinski definition) is 0. The SMILES string of the molecule is COCCN(C[C@@H]1CCCN2CCCC[C@@H]12)C(=O)[C@@H](C(C)C)N1Cc2ccccc2C1=O. The number of amides is 2. The Morgan fingerprint density at radius 1 is 1.16 bits per heavy atom. The normalized spacial score (nSPS) is 24.4. The molecule has 0 radical (unpaired) electrons. The van der Waals surface area contributed by atoms with Gasteiger partial charge in [-0.25, -0.2) is 0 Å². The molecular weight excluding hydrogens is 402 g/mol. The molecule has 3 atom stereocenters. The molecule has 0 saturated carbocycles. The van der Waals surface area contributed by atoms with Crippen LogP contribution in [0.5, 0.6) is 0 Å². The third-order valence-corrected chi connectivity index (χ3v) is 7.63. The number of carbonyl (C=O) groups excluding carboxylic acids is 2. The Morgan fingerprint density at radius 3 is 2.69 bits per heavy atom. The van der Waals surface area contributed by atoms with Gasteiger partial charge in [0, 0.05) is 38.3 Å². The van der Waals surface area contributed by atoms with Gasteiger partial charge >= 0.3 is 0 Å². The van der Waals surface area contributed by atoms with Gasteiger partial charge in [0.1, 0.15) is 6.04 Å². The van der Waals surface area contributed by atoms with Gasteiger partial charge in [-0.05, 0) is 62.2 Å². The number of benzene rings is 1. The molecule has 0 N–H and O–H groups in total. The molecule has 1 aromatic rings. The van der Waals surface area contributed by atoms with E-state index < -0.39 is 6.04 Å². The first-order valence-electron chi connectivity index (χ1n) is 12.4. The summed E-state index contributed by atoms with van der Waals surface area (Å²) in [6.45, 7) is 8.88. The molecule has 0 bridgehead atoms. The van der Waals surface area contributed by atoms with E-state index >= 15 is 0 Å². The Hall–Kier alpha value is -1.92. The van der Waals surface area contributed by atoms with Gasteiger partial charge < -0.3 is 19.4 Å². The van der Waals surface area contributed by atoms with Gasteiger partial charge in [-0.3, -0.25) is 9.59 Å². The summed E-state index contributed by atoms with van der Waals surface area (Å²) in [5.74, 6) is 0.606. The number of methoxy groups -OCH3 is 1. The number of carbonyl (C=O) groups is 2. The van der Waals surface area contributed by atoms with Crippen LogP contribution in [0.1, 0.15) is 61.9 Å². The van der Waals surface area contributed by atoms with Crippen molar-refractivity contribution in [2.75, 3.05) is 39.9 Å². The van der Waals surface area contributed by atoms with E-state index in [4.69, 9.17) is 4.74 Å². The zero-order chi connectivity index (χ0) is 22.7. The predicted octanol–water partition coefficient (Wildman–Crippen LogP) is 3.41. The van der Waals surface area contributed by atoms with Gasteiger partial charge in [0.2, 0.25) is 5.91 Å². The van der Waals surface area contributed by atoms with Crippen molar-refractivity contribution in [3.63, 3.8) is 0 Å². The second-order valence-electron chi connectivity index (χ2n) is 10.1. The highest BCUT2D eigenvalue weighted by atomic mass is 16.5. The fourth-order valence-electron chi connectivity index (χ4n) is 6.03. The molecular formula is C26H39N3O3. The molecule has 3 aliphatic heterocycles. The zero-order valence-corrected chi connectivity index (χ0v) is 20.0. The van der Waals surface area contributed by atoms with Crippen molar-refractivity contribution in [2.45, 2.75) is 64.6 Å². The molecule has 2 fully saturated rings. The lowest BCUT2D eigenvalue weighted by Crippen LogP contribution is -2.56. The Labute approximate surface area is 192 Å². The summed E-state index contributed by atoms with van der Waals surface area (Å²) >= 11 is 0. The number of rotatable bonds is 8. The molecule has 0 spiro atoms. The third kappa shape index (κ3) is 4.72. The van der Waals surface area contributed by atoms with E-state index in [-0.39, 0.29) is 17.7 Å². The summed E-state index contributed by atoms with van der Waals surface area (Å²) in [6, 6.07) is 7.88. The Morgan fingerprint density at radius 2 is 1.94 bits per heavy atom. The fraction of sp³-hybridized carbons (Fsp3) is 0.692. The van der Waals surface area contributed by atoms with Crippen LogP contribution in [0.3, 0.4) is 0 Å². The van der Waals surface area contributed by atoms with Crippen LogP contribution in [0.2, 0.25) is 0 Å². The van der Waals surface area contributed by atoms with Crippen molar-refractivity contribution < 1.29 is 14.3 Å². The van der Waals surface area contributed by atoms with Crippen molar-refractivity contribution in [1.82, 2.24) is 14.7 Å². The van der Waals surface area contributed by atoms with Crippen molar-refractivity contribution in [3.8, 4) is 0 Å². The minimum atomic E-state index is -0.446. The van der Waals surface area contributed by atoms with Crippen molar-refractivity contribution in [1.29, 1.82) is 0 Å². The number of ether oxygens (including phenoxy) is 1. The van der Waals surface area contributed by atoms with E-state index in [2.05, 4.69) is 18.7 Å². The molecule has 6 nitrogen and oxygen atoms in total. The Kier molecular flexibility index (Phi) is 7.51. The lowest BCUT2D eigenvalue weighted by Gasteiger charge is -2.46. The lowest BCUT2D eigenvalue weighted by atomic mass is 9.83. The summed E-state index contributed by atoms with van der Waals surface area (Å²) in [4.78, 5) is 33.6. The summed E-state index contributed by atoms with van der Waals surface area (Å²) in [5.41, 5.74) is 1.75. The fourth-order valence-corrected chi connectivity index (χ4v) is 6.03. The highest BCUT2D eigenvalue weighted by Crippen LogP contribution is 2.33. The second-order valence-corrected chi connectivity index (χ2v) is 10.1. The first-order valence-corrected chi connectivity index (χ1v) is 12.4. The zero-order valence-electron chi connectivity index (χ0n) is 20.0. The van der Waals surface area contributed by atoms with Gasteiger partial charge in [0.05, 0.1) is 6.61 Å². The lowest BCUT2D eigenvalue weighted by molar-refractivity contribution is -0.140. The highest BCUT2D eigenvalue weighted by Gasteiger charge is 2.41. The molecule has 6 heteroatoms. The standard InChI is InChI=1S/C26H39N3O3/c1-19(2)24(29-18-20-9-4-5-11-22(20)25(29)30)26(31)28(15-16-32-3)17-21-10-8-14-27-13-7-6-12-23(21)27/h4-5,9,11,19,21,23-24H,6-8,10,12-18H2,1-3H3/t21-,23-,24+/m0/s1. The molecule has 3 aliphatic rings. The summed E-state index contributed by atoms with van der Waals surface area (Å²) < 4.78 is 5.37. The molecule has 3 heterocycles. The van der Waals surface area contributed by atoms with Crippen LogP contribution in [0.4, 0.5) is 0 Å². The smallest absolute Gasteiger partial charge is 0.255 e. The maximum Gasteiger partial charge on any atom is 0.255 e. The first-order chi connectivity index (χ1) is 15.5. The van der Waals surface area contributed by atoms with Gasteiger partial charge in [-0.1, -0.05) is 38.5 Å². The van der Waals surface area contributed by atoms with Crippen LogP contribution in [0.25, 0.3) is 0 Å². The number of fused-ring (bicyclic) bond motifs is 2. The van der Waals surface area contributed by atoms with E-state index in [1.807, 2.05) is 29.2 Å². The van der Waals surface area contributed by atoms with Gasteiger partial charge in [0.25, 0.3) is 5.91 Å². The quantitative estimate of drug-likeness (QED) is 0.620. The van der Waals surface area contributed by atoms with Crippen molar-refractivity contribution in [3.05, 3.63) is 35.4 Å². The summed E-state index contributed by atoms with van der Waals surface area (Å²) in [6.07, 6.45) is 6.21. The number of piperidine rings is 2. The maximum absolute atomic E-state index is 14.0. The third-order valence-electron chi connectivity index (χ3n) is 7.63. The van der Waals surface area contributed by atoms with Crippen LogP contribution in [0, 0.1) is 11.8 Å². The van der Waals surface area contributed by atoms with Crippen molar-refractivity contribution in [2.24, 2.45) is 11.8 Å². The summed E-state index contributed by atoms with van der Waals surface area (Å²) in [5, 5.41) is 0. The monoisotopic (exact) mass is 441 g/mol. The molecule has 2 saturated heterocycles. The van der Waals surface area contributed by atoms with E-state index in [1.165, 1.54) is 45.2 Å². The minimum Gasteiger partial charge on any atom is -0.383 e. The molecule has 176 valence electrons. The average molecular weight is 442 g/mol. The van der Waals surface area contributed by atoms with Gasteiger partial charge in [0.15, 0.2) is 0 Å². The van der Waals surface area contributed by atoms with Crippen LogP contribution >= 0.6 is 0 Å². The number of nitrogens with zero attached hydrogens (tertiary/aromatic N) is 3. The van der Waals surface area contributed by atoms with Crippen LogP contribution in [-0.4, -0.2) is 78.5 Å². The highest BCUT2D eigenvalue weighted by molar-refractivity contribution is 6.01. The van der Waals surface area contributed by atoms with E-state index in [0.29, 0.717) is 31.7 Å². The molecule has 0 unspecified atom stereocenters. The molecule has 0 aliphatic carbocycles. The van der Waals surface area contributed by atoms with Crippen LogP contribution in [0.15, 0.2) is 24.3 Å². The van der Waals surface area contributed by atoms with Gasteiger partial charge in [-0.2, -0.15) is 0 Å². The molecule has 2 amide bonds.